The van der Waals surface area contributed by atoms with Crippen molar-refractivity contribution in [2.75, 3.05) is 20.1 Å². The fourth-order valence-corrected chi connectivity index (χ4v) is 5.20. The number of nitrogens with zero attached hydrogens (tertiary/aromatic N) is 2. The predicted octanol–water partition coefficient (Wildman–Crippen LogP) is 3.56. The Kier molecular flexibility index (Phi) is 4.86. The minimum absolute atomic E-state index is 0.0289. The molecule has 4 rings (SSSR count). The molecule has 1 saturated heterocycles. The summed E-state index contributed by atoms with van der Waals surface area (Å²) < 4.78 is 1.21. The zero-order valence-corrected chi connectivity index (χ0v) is 15.5. The largest absolute Gasteiger partial charge is 0.341 e. The molecule has 3 atom stereocenters. The van der Waals surface area contributed by atoms with Gasteiger partial charge in [-0.25, -0.2) is 4.98 Å². The number of nitrogens with one attached hydrogen (secondary N) is 1. The second kappa shape index (κ2) is 7.26. The topological polar surface area (TPSA) is 45.2 Å². The van der Waals surface area contributed by atoms with Gasteiger partial charge >= 0.3 is 0 Å². The van der Waals surface area contributed by atoms with E-state index in [1.54, 1.807) is 11.3 Å². The molecule has 0 saturated carbocycles. The lowest BCUT2D eigenvalue weighted by Gasteiger charge is -2.37. The van der Waals surface area contributed by atoms with Gasteiger partial charge in [-0.1, -0.05) is 24.3 Å². The van der Waals surface area contributed by atoms with Gasteiger partial charge in [0.25, 0.3) is 0 Å². The van der Waals surface area contributed by atoms with Crippen molar-refractivity contribution < 1.29 is 4.79 Å². The Morgan fingerprint density at radius 3 is 2.96 bits per heavy atom. The third-order valence-electron chi connectivity index (χ3n) is 5.52. The Morgan fingerprint density at radius 2 is 2.12 bits per heavy atom. The molecule has 4 nitrogen and oxygen atoms in total. The lowest BCUT2D eigenvalue weighted by atomic mass is 9.82. The number of aromatic nitrogens is 1. The molecule has 1 fully saturated rings. The smallest absolute Gasteiger partial charge is 0.226 e. The van der Waals surface area contributed by atoms with E-state index in [-0.39, 0.29) is 11.8 Å². The molecule has 5 heteroatoms. The van der Waals surface area contributed by atoms with Crippen LogP contribution >= 0.6 is 11.3 Å². The highest BCUT2D eigenvalue weighted by Gasteiger charge is 2.36. The maximum Gasteiger partial charge on any atom is 0.226 e. The fourth-order valence-electron chi connectivity index (χ4n) is 4.06. The number of carbonyl (C=O) groups is 1. The SMILES string of the molecule is CNC1CCCN(C(=O)C2CC=CCC2c2nc3ccccc3s2)C1. The van der Waals surface area contributed by atoms with Gasteiger partial charge < -0.3 is 10.2 Å². The summed E-state index contributed by atoms with van der Waals surface area (Å²) in [5, 5.41) is 4.45. The number of thiazole rings is 1. The summed E-state index contributed by atoms with van der Waals surface area (Å²) >= 11 is 1.75. The van der Waals surface area contributed by atoms with E-state index in [9.17, 15) is 4.79 Å². The first-order valence-corrected chi connectivity index (χ1v) is 10.0. The Hall–Kier alpha value is -1.72. The van der Waals surface area contributed by atoms with Crippen LogP contribution in [0, 0.1) is 5.92 Å². The standard InChI is InChI=1S/C20H25N3OS/c1-21-14-7-6-12-23(13-14)20(24)16-9-3-2-8-15(16)19-22-17-10-4-5-11-18(17)25-19/h2-5,10-11,14-16,21H,6-9,12-13H2,1H3. The third kappa shape index (κ3) is 3.35. The van der Waals surface area contributed by atoms with E-state index < -0.39 is 0 Å². The molecule has 0 spiro atoms. The Labute approximate surface area is 152 Å². The lowest BCUT2D eigenvalue weighted by molar-refractivity contribution is -0.137. The second-order valence-corrected chi connectivity index (χ2v) is 8.15. The highest BCUT2D eigenvalue weighted by molar-refractivity contribution is 7.18. The maximum absolute atomic E-state index is 13.3. The molecule has 3 unspecified atom stereocenters. The van der Waals surface area contributed by atoms with E-state index in [0.29, 0.717) is 11.9 Å². The molecule has 1 amide bonds. The lowest BCUT2D eigenvalue weighted by Crippen LogP contribution is -2.49. The summed E-state index contributed by atoms with van der Waals surface area (Å²) in [6, 6.07) is 8.69. The first-order chi connectivity index (χ1) is 12.3. The predicted molar refractivity (Wildman–Crippen MR) is 103 cm³/mol. The minimum Gasteiger partial charge on any atom is -0.341 e. The summed E-state index contributed by atoms with van der Waals surface area (Å²) in [6.07, 6.45) is 8.39. The second-order valence-electron chi connectivity index (χ2n) is 7.09. The van der Waals surface area contributed by atoms with Crippen LogP contribution in [0.15, 0.2) is 36.4 Å². The molecule has 1 aromatic heterocycles. The van der Waals surface area contributed by atoms with Crippen molar-refractivity contribution >= 4 is 27.5 Å². The van der Waals surface area contributed by atoms with Gasteiger partial charge in [0.1, 0.15) is 0 Å². The Balaban J connectivity index is 1.58. The molecule has 0 bridgehead atoms. The van der Waals surface area contributed by atoms with E-state index in [0.717, 1.165) is 49.3 Å². The molecule has 1 aromatic carbocycles. The highest BCUT2D eigenvalue weighted by atomic mass is 32.1. The molecule has 2 aliphatic rings. The van der Waals surface area contributed by atoms with Crippen LogP contribution in [0.1, 0.15) is 36.6 Å². The van der Waals surface area contributed by atoms with Crippen molar-refractivity contribution in [3.63, 3.8) is 0 Å². The van der Waals surface area contributed by atoms with E-state index in [2.05, 4.69) is 40.6 Å². The molecule has 25 heavy (non-hydrogen) atoms. The summed E-state index contributed by atoms with van der Waals surface area (Å²) in [4.78, 5) is 20.2. The fraction of sp³-hybridized carbons (Fsp3) is 0.500. The summed E-state index contributed by atoms with van der Waals surface area (Å²) in [5.41, 5.74) is 1.05. The maximum atomic E-state index is 13.3. The van der Waals surface area contributed by atoms with Gasteiger partial charge in [0.2, 0.25) is 5.91 Å². The van der Waals surface area contributed by atoms with Gasteiger partial charge in [0.15, 0.2) is 0 Å². The van der Waals surface area contributed by atoms with E-state index in [1.807, 2.05) is 13.1 Å². The van der Waals surface area contributed by atoms with Gasteiger partial charge in [0.05, 0.1) is 21.1 Å². The molecule has 2 aromatic rings. The van der Waals surface area contributed by atoms with Crippen molar-refractivity contribution in [1.29, 1.82) is 0 Å². The number of amides is 1. The molecular weight excluding hydrogens is 330 g/mol. The van der Waals surface area contributed by atoms with Crippen LogP contribution in [0.4, 0.5) is 0 Å². The number of para-hydroxylation sites is 1. The van der Waals surface area contributed by atoms with E-state index >= 15 is 0 Å². The Morgan fingerprint density at radius 1 is 1.28 bits per heavy atom. The van der Waals surface area contributed by atoms with Crippen LogP contribution in [0.2, 0.25) is 0 Å². The zero-order chi connectivity index (χ0) is 17.2. The quantitative estimate of drug-likeness (QED) is 0.857. The number of hydrogen-bond donors (Lipinski definition) is 1. The number of likely N-dealkylation sites (N-methyl/N-ethyl adjacent to an activating group) is 1. The Bertz CT molecular complexity index is 751. The van der Waals surface area contributed by atoms with Crippen LogP contribution in [0.5, 0.6) is 0 Å². The first-order valence-electron chi connectivity index (χ1n) is 9.23. The number of hydrogen-bond acceptors (Lipinski definition) is 4. The van der Waals surface area contributed by atoms with Gasteiger partial charge in [-0.15, -0.1) is 11.3 Å². The van der Waals surface area contributed by atoms with Crippen molar-refractivity contribution in [3.05, 3.63) is 41.4 Å². The normalized spacial score (nSPS) is 26.9. The number of piperidine rings is 1. The van der Waals surface area contributed by atoms with Crippen LogP contribution in [-0.2, 0) is 4.79 Å². The van der Waals surface area contributed by atoms with Crippen molar-refractivity contribution in [2.24, 2.45) is 5.92 Å². The molecule has 132 valence electrons. The molecule has 0 radical (unpaired) electrons. The number of benzene rings is 1. The number of carbonyl (C=O) groups excluding carboxylic acids is 1. The monoisotopic (exact) mass is 355 g/mol. The molecule has 2 heterocycles. The van der Waals surface area contributed by atoms with Gasteiger partial charge in [-0.3, -0.25) is 4.79 Å². The average Bonchev–Trinajstić information content (AvgIpc) is 3.11. The van der Waals surface area contributed by atoms with Gasteiger partial charge in [-0.2, -0.15) is 0 Å². The third-order valence-corrected chi connectivity index (χ3v) is 6.69. The van der Waals surface area contributed by atoms with Crippen LogP contribution in [-0.4, -0.2) is 42.0 Å². The minimum atomic E-state index is 0.0289. The van der Waals surface area contributed by atoms with Gasteiger partial charge in [-0.05, 0) is 44.9 Å². The zero-order valence-electron chi connectivity index (χ0n) is 14.6. The summed E-state index contributed by atoms with van der Waals surface area (Å²) in [5.74, 6) is 0.555. The van der Waals surface area contributed by atoms with Gasteiger partial charge in [0, 0.05) is 25.0 Å². The van der Waals surface area contributed by atoms with Crippen molar-refractivity contribution in [2.45, 2.75) is 37.6 Å². The summed E-state index contributed by atoms with van der Waals surface area (Å²) in [6.45, 7) is 1.73. The number of allylic oxidation sites excluding steroid dienone is 2. The van der Waals surface area contributed by atoms with Crippen LogP contribution in [0.3, 0.4) is 0 Å². The first kappa shape index (κ1) is 16.7. The molecule has 1 N–H and O–H groups in total. The highest BCUT2D eigenvalue weighted by Crippen LogP contribution is 2.39. The van der Waals surface area contributed by atoms with Crippen molar-refractivity contribution in [3.8, 4) is 0 Å². The molecule has 1 aliphatic heterocycles. The molecular formula is C20H25N3OS. The van der Waals surface area contributed by atoms with Crippen molar-refractivity contribution in [1.82, 2.24) is 15.2 Å². The number of likely N-dealkylation sites (tertiary alicyclic amines) is 1. The van der Waals surface area contributed by atoms with E-state index in [1.165, 1.54) is 4.70 Å². The van der Waals surface area contributed by atoms with Crippen LogP contribution in [0.25, 0.3) is 10.2 Å². The average molecular weight is 356 g/mol. The number of fused-ring (bicyclic) bond motifs is 1. The van der Waals surface area contributed by atoms with E-state index in [4.69, 9.17) is 4.98 Å². The van der Waals surface area contributed by atoms with Crippen LogP contribution < -0.4 is 5.32 Å². The molecule has 1 aliphatic carbocycles. The summed E-state index contributed by atoms with van der Waals surface area (Å²) in [7, 11) is 1.99. The number of rotatable bonds is 3.